The summed E-state index contributed by atoms with van der Waals surface area (Å²) in [5.41, 5.74) is 2.18. The van der Waals surface area contributed by atoms with E-state index in [-0.39, 0.29) is 17.7 Å². The maximum absolute atomic E-state index is 12.5. The Bertz CT molecular complexity index is 726. The highest BCUT2D eigenvalue weighted by atomic mass is 35.5. The van der Waals surface area contributed by atoms with Crippen LogP contribution in [0.5, 0.6) is 5.75 Å². The number of aromatic hydroxyl groups is 1. The van der Waals surface area contributed by atoms with Gasteiger partial charge in [0.05, 0.1) is 6.54 Å². The van der Waals surface area contributed by atoms with Crippen molar-refractivity contribution in [3.8, 4) is 5.75 Å². The van der Waals surface area contributed by atoms with Gasteiger partial charge in [-0.2, -0.15) is 0 Å². The number of anilines is 1. The van der Waals surface area contributed by atoms with E-state index in [0.717, 1.165) is 24.3 Å². The molecule has 0 aromatic heterocycles. The number of carbonyl (C=O) groups excluding carboxylic acids is 1. The smallest absolute Gasteiger partial charge is 0.236 e. The number of nitrogens with zero attached hydrogens (tertiary/aromatic N) is 2. The van der Waals surface area contributed by atoms with Crippen LogP contribution in [0.25, 0.3) is 0 Å². The van der Waals surface area contributed by atoms with Crippen molar-refractivity contribution in [2.45, 2.75) is 13.0 Å². The van der Waals surface area contributed by atoms with E-state index in [1.54, 1.807) is 12.1 Å². The Morgan fingerprint density at radius 2 is 1.69 bits per heavy atom. The second-order valence-corrected chi connectivity index (χ2v) is 6.97. The predicted octanol–water partition coefficient (Wildman–Crippen LogP) is 3.05. The van der Waals surface area contributed by atoms with E-state index in [2.05, 4.69) is 10.2 Å². The molecule has 1 saturated heterocycles. The molecule has 2 aromatic carbocycles. The lowest BCUT2D eigenvalue weighted by atomic mass is 10.1. The molecule has 0 aliphatic carbocycles. The SMILES string of the molecule is C[C@@H](NCC(=O)N1CCN(c2ccc(O)cc2)CC1)c1ccc(Cl)cc1. The molecule has 0 unspecified atom stereocenters. The average Bonchev–Trinajstić information content (AvgIpc) is 2.67. The molecule has 26 heavy (non-hydrogen) atoms. The van der Waals surface area contributed by atoms with Gasteiger partial charge in [0.1, 0.15) is 5.75 Å². The summed E-state index contributed by atoms with van der Waals surface area (Å²) in [7, 11) is 0. The molecule has 5 nitrogen and oxygen atoms in total. The van der Waals surface area contributed by atoms with Crippen molar-refractivity contribution in [1.82, 2.24) is 10.2 Å². The fraction of sp³-hybridized carbons (Fsp3) is 0.350. The van der Waals surface area contributed by atoms with Gasteiger partial charge in [0.15, 0.2) is 0 Å². The lowest BCUT2D eigenvalue weighted by Crippen LogP contribution is -2.51. The van der Waals surface area contributed by atoms with Gasteiger partial charge in [-0.3, -0.25) is 4.79 Å². The van der Waals surface area contributed by atoms with Crippen molar-refractivity contribution in [3.05, 3.63) is 59.1 Å². The first-order chi connectivity index (χ1) is 12.5. The minimum atomic E-state index is 0.0921. The van der Waals surface area contributed by atoms with Crippen LogP contribution in [0.2, 0.25) is 5.02 Å². The van der Waals surface area contributed by atoms with Gasteiger partial charge in [0.2, 0.25) is 5.91 Å². The predicted molar refractivity (Wildman–Crippen MR) is 105 cm³/mol. The number of amides is 1. The summed E-state index contributed by atoms with van der Waals surface area (Å²) in [6, 6.07) is 14.9. The number of halogens is 1. The van der Waals surface area contributed by atoms with Crippen molar-refractivity contribution < 1.29 is 9.90 Å². The largest absolute Gasteiger partial charge is 0.508 e. The summed E-state index contributed by atoms with van der Waals surface area (Å²) in [5, 5.41) is 13.4. The van der Waals surface area contributed by atoms with Crippen LogP contribution in [-0.2, 0) is 4.79 Å². The van der Waals surface area contributed by atoms with Crippen molar-refractivity contribution in [2.75, 3.05) is 37.6 Å². The van der Waals surface area contributed by atoms with Crippen LogP contribution in [0.4, 0.5) is 5.69 Å². The Labute approximate surface area is 159 Å². The monoisotopic (exact) mass is 373 g/mol. The number of hydrogen-bond donors (Lipinski definition) is 2. The Balaban J connectivity index is 1.46. The van der Waals surface area contributed by atoms with E-state index in [1.165, 1.54) is 0 Å². The van der Waals surface area contributed by atoms with Crippen LogP contribution in [-0.4, -0.2) is 48.6 Å². The Kier molecular flexibility index (Phi) is 6.01. The van der Waals surface area contributed by atoms with E-state index in [1.807, 2.05) is 48.2 Å². The van der Waals surface area contributed by atoms with Crippen LogP contribution in [0.15, 0.2) is 48.5 Å². The topological polar surface area (TPSA) is 55.8 Å². The quantitative estimate of drug-likeness (QED) is 0.845. The molecule has 1 heterocycles. The summed E-state index contributed by atoms with van der Waals surface area (Å²) < 4.78 is 0. The van der Waals surface area contributed by atoms with Gasteiger partial charge in [0.25, 0.3) is 0 Å². The maximum atomic E-state index is 12.5. The normalized spacial score (nSPS) is 15.8. The van der Waals surface area contributed by atoms with Crippen molar-refractivity contribution in [3.63, 3.8) is 0 Å². The number of phenols is 1. The molecule has 0 radical (unpaired) electrons. The molecule has 3 rings (SSSR count). The highest BCUT2D eigenvalue weighted by Crippen LogP contribution is 2.20. The van der Waals surface area contributed by atoms with E-state index in [0.29, 0.717) is 24.7 Å². The number of nitrogens with one attached hydrogen (secondary N) is 1. The first-order valence-corrected chi connectivity index (χ1v) is 9.21. The first kappa shape index (κ1) is 18.5. The first-order valence-electron chi connectivity index (χ1n) is 8.83. The second-order valence-electron chi connectivity index (χ2n) is 6.54. The van der Waals surface area contributed by atoms with Crippen LogP contribution in [0, 0.1) is 0 Å². The Hall–Kier alpha value is -2.24. The molecule has 6 heteroatoms. The van der Waals surface area contributed by atoms with E-state index < -0.39 is 0 Å². The van der Waals surface area contributed by atoms with E-state index >= 15 is 0 Å². The molecule has 0 spiro atoms. The highest BCUT2D eigenvalue weighted by Gasteiger charge is 2.21. The molecule has 1 aliphatic rings. The van der Waals surface area contributed by atoms with Crippen LogP contribution in [0.1, 0.15) is 18.5 Å². The minimum Gasteiger partial charge on any atom is -0.508 e. The number of benzene rings is 2. The maximum Gasteiger partial charge on any atom is 0.236 e. The molecular formula is C20H24ClN3O2. The van der Waals surface area contributed by atoms with E-state index in [9.17, 15) is 9.90 Å². The third kappa shape index (κ3) is 4.68. The fourth-order valence-corrected chi connectivity index (χ4v) is 3.23. The molecule has 1 amide bonds. The van der Waals surface area contributed by atoms with Gasteiger partial charge in [0, 0.05) is 42.9 Å². The third-order valence-corrected chi connectivity index (χ3v) is 5.03. The molecule has 1 atom stereocenters. The zero-order chi connectivity index (χ0) is 18.5. The van der Waals surface area contributed by atoms with Gasteiger partial charge >= 0.3 is 0 Å². The second kappa shape index (κ2) is 8.43. The van der Waals surface area contributed by atoms with Crippen molar-refractivity contribution in [1.29, 1.82) is 0 Å². The van der Waals surface area contributed by atoms with Gasteiger partial charge in [-0.1, -0.05) is 23.7 Å². The van der Waals surface area contributed by atoms with E-state index in [4.69, 9.17) is 11.6 Å². The lowest BCUT2D eigenvalue weighted by Gasteiger charge is -2.36. The Morgan fingerprint density at radius 1 is 1.08 bits per heavy atom. The molecule has 2 N–H and O–H groups in total. The third-order valence-electron chi connectivity index (χ3n) is 4.78. The summed E-state index contributed by atoms with van der Waals surface area (Å²) in [6.07, 6.45) is 0. The standard InChI is InChI=1S/C20H24ClN3O2/c1-15(16-2-4-17(21)5-3-16)22-14-20(26)24-12-10-23(11-13-24)18-6-8-19(25)9-7-18/h2-9,15,22,25H,10-14H2,1H3/t15-/m1/s1. The summed E-state index contributed by atoms with van der Waals surface area (Å²) in [6.45, 7) is 5.36. The zero-order valence-corrected chi connectivity index (χ0v) is 15.6. The van der Waals surface area contributed by atoms with Crippen LogP contribution < -0.4 is 10.2 Å². The molecule has 2 aromatic rings. The number of hydrogen-bond acceptors (Lipinski definition) is 4. The highest BCUT2D eigenvalue weighted by molar-refractivity contribution is 6.30. The molecule has 1 fully saturated rings. The summed E-state index contributed by atoms with van der Waals surface area (Å²) in [4.78, 5) is 16.6. The number of piperazine rings is 1. The minimum absolute atomic E-state index is 0.0921. The Morgan fingerprint density at radius 3 is 2.31 bits per heavy atom. The zero-order valence-electron chi connectivity index (χ0n) is 14.9. The molecule has 138 valence electrons. The van der Waals surface area contributed by atoms with Gasteiger partial charge in [-0.25, -0.2) is 0 Å². The average molecular weight is 374 g/mol. The molecular weight excluding hydrogens is 350 g/mol. The summed E-state index contributed by atoms with van der Waals surface area (Å²) >= 11 is 5.91. The fourth-order valence-electron chi connectivity index (χ4n) is 3.10. The summed E-state index contributed by atoms with van der Waals surface area (Å²) in [5.74, 6) is 0.389. The lowest BCUT2D eigenvalue weighted by molar-refractivity contribution is -0.130. The number of carbonyl (C=O) groups is 1. The molecule has 0 saturated carbocycles. The van der Waals surface area contributed by atoms with Crippen molar-refractivity contribution in [2.24, 2.45) is 0 Å². The van der Waals surface area contributed by atoms with Crippen LogP contribution in [0.3, 0.4) is 0 Å². The molecule has 1 aliphatic heterocycles. The van der Waals surface area contributed by atoms with Crippen LogP contribution >= 0.6 is 11.6 Å². The number of rotatable bonds is 5. The molecule has 0 bridgehead atoms. The van der Waals surface area contributed by atoms with Gasteiger partial charge < -0.3 is 20.2 Å². The van der Waals surface area contributed by atoms with Gasteiger partial charge in [-0.05, 0) is 48.9 Å². The van der Waals surface area contributed by atoms with Crippen molar-refractivity contribution >= 4 is 23.2 Å². The number of phenolic OH excluding ortho intramolecular Hbond substituents is 1. The van der Waals surface area contributed by atoms with Gasteiger partial charge in [-0.15, -0.1) is 0 Å².